The second kappa shape index (κ2) is 4.74. The first kappa shape index (κ1) is 11.2. The van der Waals surface area contributed by atoms with E-state index >= 15 is 0 Å². The molecule has 1 aliphatic carbocycles. The molecule has 5 heteroatoms. The molecule has 2 fully saturated rings. The Morgan fingerprint density at radius 1 is 1.53 bits per heavy atom. The largest absolute Gasteiger partial charge is 0.348 e. The fourth-order valence-corrected chi connectivity index (χ4v) is 2.98. The van der Waals surface area contributed by atoms with Gasteiger partial charge in [0.25, 0.3) is 0 Å². The lowest BCUT2D eigenvalue weighted by atomic mass is 10.2. The Balaban J connectivity index is 1.50. The van der Waals surface area contributed by atoms with Crippen molar-refractivity contribution < 1.29 is 4.79 Å². The van der Waals surface area contributed by atoms with E-state index in [4.69, 9.17) is 0 Å². The van der Waals surface area contributed by atoms with Gasteiger partial charge in [-0.1, -0.05) is 0 Å². The second-order valence-electron chi connectivity index (χ2n) is 4.81. The number of carbonyl (C=O) groups excluding carboxylic acids is 1. The molecule has 0 bridgehead atoms. The van der Waals surface area contributed by atoms with E-state index in [-0.39, 0.29) is 11.9 Å². The lowest BCUT2D eigenvalue weighted by molar-refractivity contribution is -0.122. The third-order valence-corrected chi connectivity index (χ3v) is 4.22. The van der Waals surface area contributed by atoms with E-state index in [9.17, 15) is 4.79 Å². The molecule has 2 heterocycles. The van der Waals surface area contributed by atoms with Crippen LogP contribution < -0.4 is 10.6 Å². The predicted molar refractivity (Wildman–Crippen MR) is 67.0 cm³/mol. The maximum atomic E-state index is 11.8. The normalized spacial score (nSPS) is 23.9. The van der Waals surface area contributed by atoms with E-state index < -0.39 is 0 Å². The van der Waals surface area contributed by atoms with E-state index in [0.29, 0.717) is 12.5 Å². The van der Waals surface area contributed by atoms with Crippen molar-refractivity contribution >= 4 is 17.2 Å². The van der Waals surface area contributed by atoms with Crippen LogP contribution in [0, 0.1) is 0 Å². The lowest BCUT2D eigenvalue weighted by Gasteiger charge is -2.09. The zero-order chi connectivity index (χ0) is 11.7. The SMILES string of the molecule is O=C(NCc1nc(C2CC2)cs1)[C@@H]1CCCN1. The van der Waals surface area contributed by atoms with Crippen LogP contribution in [-0.2, 0) is 11.3 Å². The average Bonchev–Trinajstić information content (AvgIpc) is 2.88. The van der Waals surface area contributed by atoms with Gasteiger partial charge in [-0.25, -0.2) is 4.98 Å². The molecule has 0 unspecified atom stereocenters. The van der Waals surface area contributed by atoms with Gasteiger partial charge in [0.05, 0.1) is 18.3 Å². The summed E-state index contributed by atoms with van der Waals surface area (Å²) in [6.07, 6.45) is 4.61. The third-order valence-electron chi connectivity index (χ3n) is 3.36. The van der Waals surface area contributed by atoms with E-state index in [1.165, 1.54) is 18.5 Å². The molecule has 1 saturated carbocycles. The van der Waals surface area contributed by atoms with Gasteiger partial charge in [0.1, 0.15) is 5.01 Å². The van der Waals surface area contributed by atoms with Crippen LogP contribution in [0.25, 0.3) is 0 Å². The van der Waals surface area contributed by atoms with E-state index in [1.54, 1.807) is 11.3 Å². The van der Waals surface area contributed by atoms with E-state index in [0.717, 1.165) is 24.4 Å². The van der Waals surface area contributed by atoms with Gasteiger partial charge >= 0.3 is 0 Å². The summed E-state index contributed by atoms with van der Waals surface area (Å²) in [5.74, 6) is 0.817. The van der Waals surface area contributed by atoms with Crippen LogP contribution >= 0.6 is 11.3 Å². The highest BCUT2D eigenvalue weighted by Gasteiger charge is 2.26. The van der Waals surface area contributed by atoms with Crippen molar-refractivity contribution in [2.75, 3.05) is 6.54 Å². The highest BCUT2D eigenvalue weighted by Crippen LogP contribution is 2.40. The Morgan fingerprint density at radius 3 is 3.12 bits per heavy atom. The Kier molecular flexibility index (Phi) is 3.11. The number of aromatic nitrogens is 1. The molecular weight excluding hydrogens is 234 g/mol. The van der Waals surface area contributed by atoms with Crippen LogP contribution in [0.4, 0.5) is 0 Å². The van der Waals surface area contributed by atoms with Crippen molar-refractivity contribution in [3.05, 3.63) is 16.1 Å². The minimum Gasteiger partial charge on any atom is -0.348 e. The monoisotopic (exact) mass is 251 g/mol. The lowest BCUT2D eigenvalue weighted by Crippen LogP contribution is -2.39. The zero-order valence-corrected chi connectivity index (χ0v) is 10.6. The number of nitrogens with zero attached hydrogens (tertiary/aromatic N) is 1. The minimum atomic E-state index is 0.0119. The fourth-order valence-electron chi connectivity index (χ4n) is 2.17. The molecule has 92 valence electrons. The zero-order valence-electron chi connectivity index (χ0n) is 9.74. The summed E-state index contributed by atoms with van der Waals surface area (Å²) >= 11 is 1.66. The standard InChI is InChI=1S/C12H17N3OS/c16-12(9-2-1-5-13-9)14-6-11-15-10(7-17-11)8-3-4-8/h7-9,13H,1-6H2,(H,14,16)/t9-/m0/s1. The van der Waals surface area contributed by atoms with Crippen molar-refractivity contribution in [3.63, 3.8) is 0 Å². The van der Waals surface area contributed by atoms with Gasteiger partial charge in [0.15, 0.2) is 0 Å². The summed E-state index contributed by atoms with van der Waals surface area (Å²) < 4.78 is 0. The van der Waals surface area contributed by atoms with Crippen LogP contribution in [0.3, 0.4) is 0 Å². The summed E-state index contributed by atoms with van der Waals surface area (Å²) in [7, 11) is 0. The highest BCUT2D eigenvalue weighted by molar-refractivity contribution is 7.09. The van der Waals surface area contributed by atoms with Crippen LogP contribution in [0.15, 0.2) is 5.38 Å². The van der Waals surface area contributed by atoms with Crippen LogP contribution in [0.1, 0.15) is 42.3 Å². The fraction of sp³-hybridized carbons (Fsp3) is 0.667. The smallest absolute Gasteiger partial charge is 0.237 e. The van der Waals surface area contributed by atoms with Crippen LogP contribution in [-0.4, -0.2) is 23.5 Å². The number of thiazole rings is 1. The molecule has 4 nitrogen and oxygen atoms in total. The van der Waals surface area contributed by atoms with Crippen molar-refractivity contribution in [1.82, 2.24) is 15.6 Å². The third kappa shape index (κ3) is 2.66. The molecule has 1 aromatic heterocycles. The molecule has 17 heavy (non-hydrogen) atoms. The number of hydrogen-bond donors (Lipinski definition) is 2. The van der Waals surface area contributed by atoms with Gasteiger partial charge in [-0.3, -0.25) is 4.79 Å². The predicted octanol–water partition coefficient (Wildman–Crippen LogP) is 1.39. The maximum Gasteiger partial charge on any atom is 0.237 e. The Morgan fingerprint density at radius 2 is 2.41 bits per heavy atom. The molecule has 1 amide bonds. The number of carbonyl (C=O) groups is 1. The molecule has 1 atom stereocenters. The Labute approximate surface area is 105 Å². The van der Waals surface area contributed by atoms with Gasteiger partial charge < -0.3 is 10.6 Å². The molecule has 2 N–H and O–H groups in total. The van der Waals surface area contributed by atoms with Crippen molar-refractivity contribution in [2.24, 2.45) is 0 Å². The van der Waals surface area contributed by atoms with Crippen molar-refractivity contribution in [1.29, 1.82) is 0 Å². The summed E-state index contributed by atoms with van der Waals surface area (Å²) in [5, 5.41) is 9.32. The van der Waals surface area contributed by atoms with Crippen molar-refractivity contribution in [2.45, 2.75) is 44.2 Å². The average molecular weight is 251 g/mol. The molecule has 0 radical (unpaired) electrons. The number of nitrogens with one attached hydrogen (secondary N) is 2. The first-order valence-electron chi connectivity index (χ1n) is 6.28. The second-order valence-corrected chi connectivity index (χ2v) is 5.75. The molecular formula is C12H17N3OS. The van der Waals surface area contributed by atoms with Gasteiger partial charge in [-0.05, 0) is 32.2 Å². The summed E-state index contributed by atoms with van der Waals surface area (Å²) in [6.45, 7) is 1.54. The first-order valence-corrected chi connectivity index (χ1v) is 7.16. The molecule has 1 aromatic rings. The van der Waals surface area contributed by atoms with Crippen LogP contribution in [0.2, 0.25) is 0 Å². The quantitative estimate of drug-likeness (QED) is 0.850. The Hall–Kier alpha value is -0.940. The molecule has 0 aromatic carbocycles. The molecule has 1 aliphatic heterocycles. The maximum absolute atomic E-state index is 11.8. The van der Waals surface area contributed by atoms with Gasteiger partial charge in [0.2, 0.25) is 5.91 Å². The number of hydrogen-bond acceptors (Lipinski definition) is 4. The van der Waals surface area contributed by atoms with E-state index in [1.807, 2.05) is 0 Å². The summed E-state index contributed by atoms with van der Waals surface area (Å²) in [5.41, 5.74) is 1.22. The molecule has 2 aliphatic rings. The van der Waals surface area contributed by atoms with Crippen molar-refractivity contribution in [3.8, 4) is 0 Å². The number of amides is 1. The van der Waals surface area contributed by atoms with Gasteiger partial charge in [-0.2, -0.15) is 0 Å². The molecule has 3 rings (SSSR count). The van der Waals surface area contributed by atoms with Gasteiger partial charge in [0, 0.05) is 11.3 Å². The first-order chi connectivity index (χ1) is 8.33. The highest BCUT2D eigenvalue weighted by atomic mass is 32.1. The summed E-state index contributed by atoms with van der Waals surface area (Å²) in [4.78, 5) is 16.3. The van der Waals surface area contributed by atoms with E-state index in [2.05, 4.69) is 21.0 Å². The van der Waals surface area contributed by atoms with Crippen LogP contribution in [0.5, 0.6) is 0 Å². The topological polar surface area (TPSA) is 54.0 Å². The number of rotatable bonds is 4. The Bertz CT molecular complexity index is 408. The molecule has 0 spiro atoms. The molecule has 1 saturated heterocycles. The summed E-state index contributed by atoms with van der Waals surface area (Å²) in [6, 6.07) is 0.0119. The van der Waals surface area contributed by atoms with Gasteiger partial charge in [-0.15, -0.1) is 11.3 Å². The minimum absolute atomic E-state index is 0.0119.